The van der Waals surface area contributed by atoms with Gasteiger partial charge in [-0.05, 0) is 18.2 Å². The van der Waals surface area contributed by atoms with E-state index in [-0.39, 0.29) is 35.9 Å². The second kappa shape index (κ2) is 9.01. The van der Waals surface area contributed by atoms with E-state index in [0.29, 0.717) is 17.8 Å². The predicted molar refractivity (Wildman–Crippen MR) is 83.9 cm³/mol. The molecule has 3 N–H and O–H groups in total. The molecule has 1 aromatic carbocycles. The second-order valence-corrected chi connectivity index (χ2v) is 4.76. The summed E-state index contributed by atoms with van der Waals surface area (Å²) in [5, 5.41) is 7.91. The van der Waals surface area contributed by atoms with Crippen LogP contribution in [0.5, 0.6) is 0 Å². The first-order valence-corrected chi connectivity index (χ1v) is 6.99. The van der Waals surface area contributed by atoms with Crippen molar-refractivity contribution in [2.75, 3.05) is 30.9 Å². The molecule has 8 heteroatoms. The highest BCUT2D eigenvalue weighted by atomic mass is 35.5. The third-order valence-electron chi connectivity index (χ3n) is 2.57. The Balaban J connectivity index is 2.59. The van der Waals surface area contributed by atoms with Crippen LogP contribution in [0.4, 0.5) is 11.4 Å². The van der Waals surface area contributed by atoms with Crippen molar-refractivity contribution in [2.24, 2.45) is 0 Å². The number of nitrogens with one attached hydrogen (secondary N) is 3. The van der Waals surface area contributed by atoms with Gasteiger partial charge in [0, 0.05) is 19.2 Å². The van der Waals surface area contributed by atoms with Gasteiger partial charge < -0.3 is 20.7 Å². The van der Waals surface area contributed by atoms with Crippen LogP contribution in [0.2, 0.25) is 5.02 Å². The fraction of sp³-hybridized carbons (Fsp3) is 0.357. The molecular weight excluding hydrogens is 310 g/mol. The van der Waals surface area contributed by atoms with Gasteiger partial charge in [-0.2, -0.15) is 0 Å². The average molecular weight is 328 g/mol. The van der Waals surface area contributed by atoms with E-state index in [2.05, 4.69) is 16.0 Å². The van der Waals surface area contributed by atoms with Crippen LogP contribution in [-0.4, -0.2) is 38.0 Å². The van der Waals surface area contributed by atoms with Gasteiger partial charge in [-0.1, -0.05) is 18.5 Å². The summed E-state index contributed by atoms with van der Waals surface area (Å²) < 4.78 is 4.70. The maximum absolute atomic E-state index is 11.6. The van der Waals surface area contributed by atoms with E-state index in [0.717, 1.165) is 0 Å². The van der Waals surface area contributed by atoms with E-state index in [1.54, 1.807) is 19.1 Å². The van der Waals surface area contributed by atoms with E-state index >= 15 is 0 Å². The molecule has 0 bridgehead atoms. The van der Waals surface area contributed by atoms with Crippen molar-refractivity contribution in [3.8, 4) is 0 Å². The number of methoxy groups -OCH3 is 1. The molecule has 0 saturated carbocycles. The first-order chi connectivity index (χ1) is 10.5. The standard InChI is InChI=1S/C14H18ClN3O4/c1-3-12(19)16-7-13(20)17-9-4-5-11(10(15)6-9)18-14(21)8-22-2/h4-6H,3,7-8H2,1-2H3,(H,16,19)(H,17,20)(H,18,21). The molecule has 0 saturated heterocycles. The number of amides is 3. The summed E-state index contributed by atoms with van der Waals surface area (Å²) in [7, 11) is 1.41. The smallest absolute Gasteiger partial charge is 0.250 e. The largest absolute Gasteiger partial charge is 0.375 e. The summed E-state index contributed by atoms with van der Waals surface area (Å²) in [6.07, 6.45) is 0.314. The fourth-order valence-corrected chi connectivity index (χ4v) is 1.75. The Hall–Kier alpha value is -2.12. The summed E-state index contributed by atoms with van der Waals surface area (Å²) in [4.78, 5) is 34.1. The summed E-state index contributed by atoms with van der Waals surface area (Å²) in [5.41, 5.74) is 0.881. The highest BCUT2D eigenvalue weighted by Gasteiger charge is 2.08. The zero-order valence-electron chi connectivity index (χ0n) is 12.4. The van der Waals surface area contributed by atoms with Crippen LogP contribution >= 0.6 is 11.6 Å². The lowest BCUT2D eigenvalue weighted by molar-refractivity contribution is -0.123. The number of carbonyl (C=O) groups excluding carboxylic acids is 3. The van der Waals surface area contributed by atoms with Crippen molar-refractivity contribution in [1.82, 2.24) is 5.32 Å². The lowest BCUT2D eigenvalue weighted by atomic mass is 10.2. The van der Waals surface area contributed by atoms with Crippen LogP contribution in [0.25, 0.3) is 0 Å². The number of rotatable bonds is 7. The topological polar surface area (TPSA) is 96.5 Å². The Morgan fingerprint density at radius 3 is 2.45 bits per heavy atom. The molecule has 22 heavy (non-hydrogen) atoms. The Bertz CT molecular complexity index is 563. The van der Waals surface area contributed by atoms with Gasteiger partial charge in [0.25, 0.3) is 0 Å². The number of ether oxygens (including phenoxy) is 1. The van der Waals surface area contributed by atoms with Crippen LogP contribution in [0.1, 0.15) is 13.3 Å². The predicted octanol–water partition coefficient (Wildman–Crippen LogP) is 1.39. The number of anilines is 2. The number of halogens is 1. The molecule has 0 radical (unpaired) electrons. The lowest BCUT2D eigenvalue weighted by Crippen LogP contribution is -2.32. The minimum atomic E-state index is -0.367. The Morgan fingerprint density at radius 1 is 1.14 bits per heavy atom. The van der Waals surface area contributed by atoms with Gasteiger partial charge >= 0.3 is 0 Å². The zero-order valence-corrected chi connectivity index (χ0v) is 13.1. The van der Waals surface area contributed by atoms with Crippen molar-refractivity contribution in [1.29, 1.82) is 0 Å². The van der Waals surface area contributed by atoms with Crippen molar-refractivity contribution in [3.05, 3.63) is 23.2 Å². The van der Waals surface area contributed by atoms with Crippen LogP contribution < -0.4 is 16.0 Å². The molecule has 0 unspecified atom stereocenters. The number of hydrogen-bond acceptors (Lipinski definition) is 4. The monoisotopic (exact) mass is 327 g/mol. The van der Waals surface area contributed by atoms with Gasteiger partial charge in [0.05, 0.1) is 17.3 Å². The number of hydrogen-bond donors (Lipinski definition) is 3. The van der Waals surface area contributed by atoms with Crippen LogP contribution in [0.15, 0.2) is 18.2 Å². The maximum Gasteiger partial charge on any atom is 0.250 e. The minimum Gasteiger partial charge on any atom is -0.375 e. The van der Waals surface area contributed by atoms with E-state index in [4.69, 9.17) is 16.3 Å². The molecule has 1 rings (SSSR count). The van der Waals surface area contributed by atoms with E-state index in [1.807, 2.05) is 0 Å². The Labute approximate surface area is 133 Å². The molecule has 120 valence electrons. The fourth-order valence-electron chi connectivity index (χ4n) is 1.52. The minimum absolute atomic E-state index is 0.0774. The van der Waals surface area contributed by atoms with Crippen molar-refractivity contribution >= 4 is 40.7 Å². The van der Waals surface area contributed by atoms with Gasteiger partial charge in [-0.15, -0.1) is 0 Å². The summed E-state index contributed by atoms with van der Waals surface area (Å²) in [6.45, 7) is 1.51. The van der Waals surface area contributed by atoms with Crippen LogP contribution in [0.3, 0.4) is 0 Å². The molecule has 0 aliphatic carbocycles. The molecule has 3 amide bonds. The van der Waals surface area contributed by atoms with Gasteiger partial charge in [0.15, 0.2) is 0 Å². The molecule has 0 aliphatic rings. The lowest BCUT2D eigenvalue weighted by Gasteiger charge is -2.10. The highest BCUT2D eigenvalue weighted by molar-refractivity contribution is 6.34. The van der Waals surface area contributed by atoms with Crippen molar-refractivity contribution in [2.45, 2.75) is 13.3 Å². The van der Waals surface area contributed by atoms with E-state index < -0.39 is 0 Å². The number of carbonyl (C=O) groups is 3. The first-order valence-electron chi connectivity index (χ1n) is 6.61. The zero-order chi connectivity index (χ0) is 16.5. The average Bonchev–Trinajstić information content (AvgIpc) is 2.48. The van der Waals surface area contributed by atoms with E-state index in [1.165, 1.54) is 13.2 Å². The Kier molecular flexibility index (Phi) is 7.34. The second-order valence-electron chi connectivity index (χ2n) is 4.35. The van der Waals surface area contributed by atoms with Gasteiger partial charge in [-0.3, -0.25) is 14.4 Å². The molecule has 0 aromatic heterocycles. The van der Waals surface area contributed by atoms with Crippen LogP contribution in [0, 0.1) is 0 Å². The van der Waals surface area contributed by atoms with Gasteiger partial charge in [-0.25, -0.2) is 0 Å². The summed E-state index contributed by atoms with van der Waals surface area (Å²) in [6, 6.07) is 4.66. The molecule has 0 spiro atoms. The van der Waals surface area contributed by atoms with Gasteiger partial charge in [0.2, 0.25) is 17.7 Å². The van der Waals surface area contributed by atoms with Crippen molar-refractivity contribution < 1.29 is 19.1 Å². The molecule has 0 atom stereocenters. The van der Waals surface area contributed by atoms with E-state index in [9.17, 15) is 14.4 Å². The van der Waals surface area contributed by atoms with Gasteiger partial charge in [0.1, 0.15) is 6.61 Å². The Morgan fingerprint density at radius 2 is 1.86 bits per heavy atom. The molecular formula is C14H18ClN3O4. The summed E-state index contributed by atoms with van der Waals surface area (Å²) in [5.74, 6) is -0.901. The molecule has 7 nitrogen and oxygen atoms in total. The highest BCUT2D eigenvalue weighted by Crippen LogP contribution is 2.25. The normalized spacial score (nSPS) is 9.95. The summed E-state index contributed by atoms with van der Waals surface area (Å²) >= 11 is 6.03. The molecule has 1 aromatic rings. The maximum atomic E-state index is 11.6. The quantitative estimate of drug-likeness (QED) is 0.705. The first kappa shape index (κ1) is 17.9. The SMILES string of the molecule is CCC(=O)NCC(=O)Nc1ccc(NC(=O)COC)c(Cl)c1. The number of benzene rings is 1. The molecule has 0 fully saturated rings. The third-order valence-corrected chi connectivity index (χ3v) is 2.88. The van der Waals surface area contributed by atoms with Crippen molar-refractivity contribution in [3.63, 3.8) is 0 Å². The third kappa shape index (κ3) is 6.11. The van der Waals surface area contributed by atoms with Crippen LogP contribution in [-0.2, 0) is 19.1 Å². The molecule has 0 heterocycles. The molecule has 0 aliphatic heterocycles.